The van der Waals surface area contributed by atoms with Crippen LogP contribution < -0.4 is 25.5 Å². The molecule has 3 aliphatic rings. The summed E-state index contributed by atoms with van der Waals surface area (Å²) in [5.74, 6) is -8.50. The van der Waals surface area contributed by atoms with Crippen molar-refractivity contribution in [2.45, 2.75) is 24.8 Å². The minimum atomic E-state index is -3.17. The molecular weight excluding hydrogens is 896 g/mol. The third-order valence-electron chi connectivity index (χ3n) is 11.6. The molecule has 344 valence electrons. The number of aliphatic carboxylic acids is 3. The number of hydrogen-bond acceptors (Lipinski definition) is 17. The molecule has 5 rings (SSSR count). The number of rotatable bonds is 16. The van der Waals surface area contributed by atoms with Crippen molar-refractivity contribution < 1.29 is 52.9 Å². The molecule has 3 fully saturated rings. The number of halogens is 2. The number of piperazine rings is 1. The molecule has 3 aliphatic heterocycles. The van der Waals surface area contributed by atoms with Crippen LogP contribution in [0.15, 0.2) is 30.5 Å². The largest absolute Gasteiger partial charge is 3.00 e. The van der Waals surface area contributed by atoms with Gasteiger partial charge in [0.2, 0.25) is 11.8 Å². The Balaban J connectivity index is 0.00000898. The first kappa shape index (κ1) is 51.7. The molecule has 23 heteroatoms. The molecule has 3 amide bonds. The number of hydrogen-bond donors (Lipinski definition) is 1. The molecule has 0 unspecified atom stereocenters. The molecule has 4 heterocycles. The summed E-state index contributed by atoms with van der Waals surface area (Å²) in [6.07, 6.45) is 1.51. The fourth-order valence-corrected chi connectivity index (χ4v) is 8.05. The Bertz CT molecular complexity index is 1970. The monoisotopic (exact) mass is 950 g/mol. The number of carboxylic acid groups (broad SMARTS) is 3. The number of pyridine rings is 1. The molecule has 64 heavy (non-hydrogen) atoms. The number of aromatic nitrogens is 1. The maximum absolute atomic E-state index is 13.9. The maximum atomic E-state index is 13.9. The zero-order chi connectivity index (χ0) is 45.7. The number of likely N-dealkylation sites (tertiary alicyclic amines) is 1. The zero-order valence-corrected chi connectivity index (χ0v) is 38.4. The van der Waals surface area contributed by atoms with Crippen LogP contribution in [0.3, 0.4) is 0 Å². The topological polar surface area (TPSA) is 246 Å². The van der Waals surface area contributed by atoms with Crippen LogP contribution in [-0.2, 0) is 24.0 Å². The summed E-state index contributed by atoms with van der Waals surface area (Å²) in [7, 11) is 1.92. The van der Waals surface area contributed by atoms with Crippen LogP contribution in [0.4, 0.5) is 14.5 Å². The molecule has 20 nitrogen and oxygen atoms in total. The van der Waals surface area contributed by atoms with Gasteiger partial charge in [-0.05, 0) is 37.2 Å². The van der Waals surface area contributed by atoms with Crippen LogP contribution in [0.25, 0.3) is 10.9 Å². The zero-order valence-electron chi connectivity index (χ0n) is 36.0. The number of amides is 3. The summed E-state index contributed by atoms with van der Waals surface area (Å²) in [5.41, 5.74) is 1.61. The van der Waals surface area contributed by atoms with Crippen LogP contribution in [-0.4, -0.2) is 245 Å². The van der Waals surface area contributed by atoms with E-state index in [1.807, 2.05) is 29.0 Å². The van der Waals surface area contributed by atoms with Crippen molar-refractivity contribution in [3.63, 3.8) is 0 Å². The summed E-state index contributed by atoms with van der Waals surface area (Å²) >= 11 is 0. The van der Waals surface area contributed by atoms with E-state index >= 15 is 0 Å². The minimum absolute atomic E-state index is 0. The smallest absolute Gasteiger partial charge is 0.549 e. The van der Waals surface area contributed by atoms with Crippen molar-refractivity contribution in [2.75, 3.05) is 143 Å². The van der Waals surface area contributed by atoms with Crippen molar-refractivity contribution in [1.82, 2.24) is 44.6 Å². The molecule has 3 saturated heterocycles. The van der Waals surface area contributed by atoms with Crippen LogP contribution >= 0.6 is 0 Å². The predicted octanol–water partition coefficient (Wildman–Crippen LogP) is -5.21. The normalized spacial score (nSPS) is 19.8. The Labute approximate surface area is 383 Å². The van der Waals surface area contributed by atoms with Gasteiger partial charge in [0, 0.05) is 135 Å². The summed E-state index contributed by atoms with van der Waals surface area (Å²) in [6, 6.07) is 7.46. The van der Waals surface area contributed by atoms with E-state index in [9.17, 15) is 58.1 Å². The Morgan fingerprint density at radius 3 is 1.81 bits per heavy atom. The van der Waals surface area contributed by atoms with Crippen molar-refractivity contribution in [1.29, 1.82) is 5.26 Å². The van der Waals surface area contributed by atoms with Gasteiger partial charge in [0.25, 0.3) is 11.8 Å². The molecule has 1 aromatic heterocycles. The van der Waals surface area contributed by atoms with E-state index in [4.69, 9.17) is 0 Å². The number of anilines is 1. The molecule has 0 aliphatic carbocycles. The average molecular weight is 951 g/mol. The van der Waals surface area contributed by atoms with Crippen LogP contribution in [0, 0.1) is 11.3 Å². The average Bonchev–Trinajstić information content (AvgIpc) is 3.57. The Hall–Kier alpha value is -4.96. The van der Waals surface area contributed by atoms with Crippen LogP contribution in [0.1, 0.15) is 23.2 Å². The number of nitrogens with one attached hydrogen (secondary N) is 1. The first-order valence-electron chi connectivity index (χ1n) is 20.9. The predicted molar refractivity (Wildman–Crippen MR) is 222 cm³/mol. The Kier molecular flexibility index (Phi) is 19.7. The van der Waals surface area contributed by atoms with Crippen molar-refractivity contribution in [3.05, 3.63) is 36.0 Å². The number of nitrogens with zero attached hydrogens (tertiary/aromatic N) is 10. The Morgan fingerprint density at radius 2 is 1.30 bits per heavy atom. The number of nitriles is 1. The molecule has 1 aromatic carbocycles. The van der Waals surface area contributed by atoms with E-state index in [2.05, 4.69) is 15.2 Å². The first-order valence-corrected chi connectivity index (χ1v) is 20.9. The van der Waals surface area contributed by atoms with Gasteiger partial charge >= 0.3 is 19.8 Å². The number of fused-ring (bicyclic) bond motifs is 1. The quantitative estimate of drug-likeness (QED) is 0.155. The van der Waals surface area contributed by atoms with Gasteiger partial charge in [-0.2, -0.15) is 5.26 Å². The van der Waals surface area contributed by atoms with Crippen LogP contribution in [0.5, 0.6) is 0 Å². The SMILES string of the molecule is CN(CCCN1CCN(C(=O)CN2CCN(CC(=O)[O-])CCN(CC(=O)[O-])CCN(CC(=O)[O-])CC2)CC1)c1ccc2nccc(C(=O)NCC(=O)N3CC(F)(F)C[C@H]3C#N)c2c1.[68Ga+3]. The van der Waals surface area contributed by atoms with Crippen molar-refractivity contribution in [3.8, 4) is 6.07 Å². The second-order valence-electron chi connectivity index (χ2n) is 16.2. The fourth-order valence-electron chi connectivity index (χ4n) is 8.05. The van der Waals surface area contributed by atoms with E-state index in [0.717, 1.165) is 23.6 Å². The van der Waals surface area contributed by atoms with Gasteiger partial charge < -0.3 is 49.7 Å². The maximum Gasteiger partial charge on any atom is 3.00 e. The summed E-state index contributed by atoms with van der Waals surface area (Å²) in [5, 5.41) is 46.6. The number of carbonyl (C=O) groups excluding carboxylic acids is 6. The van der Waals surface area contributed by atoms with E-state index in [0.29, 0.717) is 56.7 Å². The molecule has 0 radical (unpaired) electrons. The third kappa shape index (κ3) is 15.6. The summed E-state index contributed by atoms with van der Waals surface area (Å²) < 4.78 is 27.7. The van der Waals surface area contributed by atoms with E-state index in [1.54, 1.807) is 31.7 Å². The second-order valence-corrected chi connectivity index (χ2v) is 16.2. The van der Waals surface area contributed by atoms with Gasteiger partial charge in [-0.15, -0.1) is 0 Å². The number of carbonyl (C=O) groups is 6. The minimum Gasteiger partial charge on any atom is -0.549 e. The molecular formula is C41H54F2GaN11O9. The van der Waals surface area contributed by atoms with E-state index in [1.165, 1.54) is 12.3 Å². The van der Waals surface area contributed by atoms with Gasteiger partial charge in [-0.3, -0.25) is 43.9 Å². The van der Waals surface area contributed by atoms with E-state index in [-0.39, 0.29) is 90.2 Å². The van der Waals surface area contributed by atoms with Crippen LogP contribution in [0.2, 0.25) is 0 Å². The third-order valence-corrected chi connectivity index (χ3v) is 11.6. The molecule has 0 spiro atoms. The molecule has 0 saturated carbocycles. The van der Waals surface area contributed by atoms with Gasteiger partial charge in [-0.1, -0.05) is 0 Å². The van der Waals surface area contributed by atoms with Gasteiger partial charge in [0.05, 0.1) is 54.7 Å². The molecule has 1 N–H and O–H groups in total. The standard InChI is InChI=1S/C41H57F2N11O9.Ga/c1-47(30-3-4-34-33(21-30)32(5-6-45-34)40(63)46-24-35(55)54-29-41(42,43)22-31(54)23-44)7-2-8-48-17-19-53(20-18-48)36(56)25-49-9-11-50(26-37(57)58)13-15-52(28-39(61)62)16-14-51(12-10-49)27-38(59)60;/h3-6,21,31H,2,7-20,22,24-29H2,1H3,(H,46,63)(H,57,58)(H,59,60)(H,61,62);/q;+3/p-3/t31-;/m0./s1/i;1-2. The number of alkyl halides is 2. The molecule has 2 aromatic rings. The van der Waals surface area contributed by atoms with Gasteiger partial charge in [0.15, 0.2) is 0 Å². The fraction of sp³-hybridized carbons (Fsp3) is 0.610. The number of benzene rings is 1. The van der Waals surface area contributed by atoms with Gasteiger partial charge in [-0.25, -0.2) is 8.78 Å². The molecule has 1 atom stereocenters. The summed E-state index contributed by atoms with van der Waals surface area (Å²) in [4.78, 5) is 91.7. The van der Waals surface area contributed by atoms with Crippen molar-refractivity contribution >= 4 is 72.0 Å². The number of carboxylic acids is 3. The van der Waals surface area contributed by atoms with E-state index < -0.39 is 67.7 Å². The summed E-state index contributed by atoms with van der Waals surface area (Å²) in [6.45, 7) is 3.18. The second kappa shape index (κ2) is 24.4. The first-order chi connectivity index (χ1) is 30.0. The van der Waals surface area contributed by atoms with Gasteiger partial charge in [0.1, 0.15) is 6.04 Å². The molecule has 0 bridgehead atoms. The van der Waals surface area contributed by atoms with Crippen molar-refractivity contribution in [2.24, 2.45) is 0 Å². The Morgan fingerprint density at radius 1 is 0.781 bits per heavy atom.